The summed E-state index contributed by atoms with van der Waals surface area (Å²) >= 11 is 0. The zero-order valence-electron chi connectivity index (χ0n) is 12.9. The van der Waals surface area contributed by atoms with Gasteiger partial charge in [-0.05, 0) is 62.5 Å². The quantitative estimate of drug-likeness (QED) is 0.759. The van der Waals surface area contributed by atoms with E-state index < -0.39 is 0 Å². The summed E-state index contributed by atoms with van der Waals surface area (Å²) in [6, 6.07) is 7.41. The second-order valence-corrected chi connectivity index (χ2v) is 5.63. The summed E-state index contributed by atoms with van der Waals surface area (Å²) in [7, 11) is 0. The number of rotatable bonds is 7. The van der Waals surface area contributed by atoms with Crippen molar-refractivity contribution < 1.29 is 9.53 Å². The molecule has 4 heteroatoms. The Kier molecular flexibility index (Phi) is 6.54. The first kappa shape index (κ1) is 15.8. The largest absolute Gasteiger partial charge is 0.494 e. The van der Waals surface area contributed by atoms with Gasteiger partial charge in [0.25, 0.3) is 5.91 Å². The molecule has 1 fully saturated rings. The average molecular weight is 290 g/mol. The number of amides is 1. The molecule has 0 atom stereocenters. The zero-order valence-corrected chi connectivity index (χ0v) is 12.9. The first-order chi connectivity index (χ1) is 10.3. The number of carbonyl (C=O) groups is 1. The van der Waals surface area contributed by atoms with E-state index in [0.717, 1.165) is 57.7 Å². The third kappa shape index (κ3) is 5.38. The van der Waals surface area contributed by atoms with Crippen molar-refractivity contribution in [3.8, 4) is 5.75 Å². The Morgan fingerprint density at radius 1 is 1.29 bits per heavy atom. The summed E-state index contributed by atoms with van der Waals surface area (Å²) in [6.45, 7) is 5.76. The van der Waals surface area contributed by atoms with Gasteiger partial charge in [0.15, 0.2) is 0 Å². The van der Waals surface area contributed by atoms with Crippen LogP contribution in [0, 0.1) is 5.92 Å². The van der Waals surface area contributed by atoms with Gasteiger partial charge in [0, 0.05) is 12.1 Å². The number of unbranched alkanes of at least 4 members (excludes halogenated alkanes) is 1. The fraction of sp³-hybridized carbons (Fsp3) is 0.588. The molecule has 1 aromatic carbocycles. The van der Waals surface area contributed by atoms with Crippen molar-refractivity contribution in [1.82, 2.24) is 10.6 Å². The highest BCUT2D eigenvalue weighted by molar-refractivity contribution is 5.94. The van der Waals surface area contributed by atoms with Crippen molar-refractivity contribution in [2.45, 2.75) is 32.6 Å². The van der Waals surface area contributed by atoms with E-state index in [0.29, 0.717) is 11.5 Å². The van der Waals surface area contributed by atoms with Gasteiger partial charge >= 0.3 is 0 Å². The van der Waals surface area contributed by atoms with E-state index in [1.807, 2.05) is 24.3 Å². The van der Waals surface area contributed by atoms with E-state index in [1.165, 1.54) is 0 Å². The molecule has 21 heavy (non-hydrogen) atoms. The molecule has 0 saturated carbocycles. The number of hydrogen-bond acceptors (Lipinski definition) is 3. The van der Waals surface area contributed by atoms with E-state index in [2.05, 4.69) is 17.6 Å². The van der Waals surface area contributed by atoms with Crippen LogP contribution in [0.3, 0.4) is 0 Å². The maximum Gasteiger partial charge on any atom is 0.251 e. The Balaban J connectivity index is 1.76. The van der Waals surface area contributed by atoms with Crippen molar-refractivity contribution in [2.24, 2.45) is 5.92 Å². The lowest BCUT2D eigenvalue weighted by atomic mass is 9.98. The molecule has 0 spiro atoms. The van der Waals surface area contributed by atoms with Gasteiger partial charge in [-0.15, -0.1) is 0 Å². The number of carbonyl (C=O) groups excluding carboxylic acids is 1. The number of benzene rings is 1. The first-order valence-electron chi connectivity index (χ1n) is 8.01. The van der Waals surface area contributed by atoms with Gasteiger partial charge in [-0.2, -0.15) is 0 Å². The molecule has 2 rings (SSSR count). The van der Waals surface area contributed by atoms with Crippen LogP contribution < -0.4 is 15.4 Å². The number of ether oxygens (including phenoxy) is 1. The van der Waals surface area contributed by atoms with Gasteiger partial charge in [-0.25, -0.2) is 0 Å². The van der Waals surface area contributed by atoms with Crippen molar-refractivity contribution in [1.29, 1.82) is 0 Å². The molecule has 1 aromatic rings. The predicted molar refractivity (Wildman–Crippen MR) is 84.8 cm³/mol. The third-order valence-corrected chi connectivity index (χ3v) is 3.89. The molecule has 1 aliphatic heterocycles. The van der Waals surface area contributed by atoms with Crippen molar-refractivity contribution in [2.75, 3.05) is 26.2 Å². The van der Waals surface area contributed by atoms with Gasteiger partial charge in [0.1, 0.15) is 5.75 Å². The normalized spacial score (nSPS) is 15.7. The van der Waals surface area contributed by atoms with E-state index in [-0.39, 0.29) is 5.91 Å². The number of piperidine rings is 1. The Morgan fingerprint density at radius 3 is 2.67 bits per heavy atom. The van der Waals surface area contributed by atoms with Gasteiger partial charge < -0.3 is 15.4 Å². The molecule has 0 bridgehead atoms. The van der Waals surface area contributed by atoms with Crippen LogP contribution in [0.15, 0.2) is 24.3 Å². The molecule has 1 aliphatic rings. The lowest BCUT2D eigenvalue weighted by Crippen LogP contribution is -2.35. The minimum atomic E-state index is 0.00800. The van der Waals surface area contributed by atoms with Gasteiger partial charge in [0.2, 0.25) is 0 Å². The summed E-state index contributed by atoms with van der Waals surface area (Å²) in [5.74, 6) is 1.44. The molecule has 2 N–H and O–H groups in total. The minimum absolute atomic E-state index is 0.00800. The van der Waals surface area contributed by atoms with Crippen molar-refractivity contribution in [3.63, 3.8) is 0 Å². The predicted octanol–water partition coefficient (Wildman–Crippen LogP) is 2.59. The standard InChI is InChI=1S/C17H26N2O2/c1-2-3-12-21-16-6-4-15(5-7-16)17(20)19-13-14-8-10-18-11-9-14/h4-7,14,18H,2-3,8-13H2,1H3,(H,19,20). The molecule has 1 amide bonds. The van der Waals surface area contributed by atoms with E-state index >= 15 is 0 Å². The Bertz CT molecular complexity index is 425. The molecule has 0 unspecified atom stereocenters. The molecule has 116 valence electrons. The van der Waals surface area contributed by atoms with Crippen LogP contribution in [0.5, 0.6) is 5.75 Å². The second-order valence-electron chi connectivity index (χ2n) is 5.63. The average Bonchev–Trinajstić information content (AvgIpc) is 2.54. The van der Waals surface area contributed by atoms with Crippen LogP contribution in [0.4, 0.5) is 0 Å². The van der Waals surface area contributed by atoms with Crippen molar-refractivity contribution >= 4 is 5.91 Å². The van der Waals surface area contributed by atoms with Crippen LogP contribution in [0.1, 0.15) is 43.0 Å². The molecular formula is C17H26N2O2. The topological polar surface area (TPSA) is 50.4 Å². The Hall–Kier alpha value is -1.55. The van der Waals surface area contributed by atoms with Crippen LogP contribution in [-0.2, 0) is 0 Å². The zero-order chi connectivity index (χ0) is 14.9. The fourth-order valence-corrected chi connectivity index (χ4v) is 2.46. The molecular weight excluding hydrogens is 264 g/mol. The third-order valence-electron chi connectivity index (χ3n) is 3.89. The molecule has 0 aliphatic carbocycles. The highest BCUT2D eigenvalue weighted by atomic mass is 16.5. The van der Waals surface area contributed by atoms with Gasteiger partial charge in [0.05, 0.1) is 6.61 Å². The van der Waals surface area contributed by atoms with Crippen LogP contribution >= 0.6 is 0 Å². The summed E-state index contributed by atoms with van der Waals surface area (Å²) in [4.78, 5) is 12.1. The molecule has 1 saturated heterocycles. The molecule has 0 aromatic heterocycles. The SMILES string of the molecule is CCCCOc1ccc(C(=O)NCC2CCNCC2)cc1. The molecule has 1 heterocycles. The molecule has 4 nitrogen and oxygen atoms in total. The minimum Gasteiger partial charge on any atom is -0.494 e. The Morgan fingerprint density at radius 2 is 2.00 bits per heavy atom. The first-order valence-corrected chi connectivity index (χ1v) is 8.01. The summed E-state index contributed by atoms with van der Waals surface area (Å²) in [6.07, 6.45) is 4.46. The maximum absolute atomic E-state index is 12.1. The van der Waals surface area contributed by atoms with Crippen molar-refractivity contribution in [3.05, 3.63) is 29.8 Å². The highest BCUT2D eigenvalue weighted by Crippen LogP contribution is 2.14. The van der Waals surface area contributed by atoms with E-state index in [4.69, 9.17) is 4.74 Å². The second kappa shape index (κ2) is 8.67. The highest BCUT2D eigenvalue weighted by Gasteiger charge is 2.14. The van der Waals surface area contributed by atoms with Crippen LogP contribution in [0.2, 0.25) is 0 Å². The number of nitrogens with one attached hydrogen (secondary N) is 2. The van der Waals surface area contributed by atoms with Gasteiger partial charge in [-0.1, -0.05) is 13.3 Å². The maximum atomic E-state index is 12.1. The lowest BCUT2D eigenvalue weighted by molar-refractivity contribution is 0.0944. The monoisotopic (exact) mass is 290 g/mol. The van der Waals surface area contributed by atoms with Gasteiger partial charge in [-0.3, -0.25) is 4.79 Å². The van der Waals surface area contributed by atoms with Crippen LogP contribution in [-0.4, -0.2) is 32.1 Å². The fourth-order valence-electron chi connectivity index (χ4n) is 2.46. The number of hydrogen-bond donors (Lipinski definition) is 2. The Labute approximate surface area is 127 Å². The summed E-state index contributed by atoms with van der Waals surface area (Å²) < 4.78 is 5.60. The summed E-state index contributed by atoms with van der Waals surface area (Å²) in [5, 5.41) is 6.37. The molecule has 0 radical (unpaired) electrons. The van der Waals surface area contributed by atoms with Crippen LogP contribution in [0.25, 0.3) is 0 Å². The smallest absolute Gasteiger partial charge is 0.251 e. The summed E-state index contributed by atoms with van der Waals surface area (Å²) in [5.41, 5.74) is 0.701. The lowest BCUT2D eigenvalue weighted by Gasteiger charge is -2.22. The van der Waals surface area contributed by atoms with E-state index in [1.54, 1.807) is 0 Å². The van der Waals surface area contributed by atoms with E-state index in [9.17, 15) is 4.79 Å².